The van der Waals surface area contributed by atoms with Crippen LogP contribution < -0.4 is 0 Å². The summed E-state index contributed by atoms with van der Waals surface area (Å²) in [5.74, 6) is 0.215. The number of benzene rings is 1. The van der Waals surface area contributed by atoms with Gasteiger partial charge in [-0.1, -0.05) is 19.9 Å². The lowest BCUT2D eigenvalue weighted by Gasteiger charge is -2.18. The second kappa shape index (κ2) is 5.30. The quantitative estimate of drug-likeness (QED) is 0.454. The fourth-order valence-corrected chi connectivity index (χ4v) is 1.97. The highest BCUT2D eigenvalue weighted by molar-refractivity contribution is 6.21. The number of nitro groups is 1. The van der Waals surface area contributed by atoms with Crippen molar-refractivity contribution in [2.75, 3.05) is 0 Å². The molecule has 1 aromatic rings. The largest absolute Gasteiger partial charge is 0.269 e. The molecule has 2 unspecified atom stereocenters. The topological polar surface area (TPSA) is 43.1 Å². The summed E-state index contributed by atoms with van der Waals surface area (Å²) in [7, 11) is 0. The molecule has 16 heavy (non-hydrogen) atoms. The van der Waals surface area contributed by atoms with Crippen LogP contribution in [-0.2, 0) is 0 Å². The summed E-state index contributed by atoms with van der Waals surface area (Å²) < 4.78 is 0. The van der Waals surface area contributed by atoms with Crippen LogP contribution in [0.1, 0.15) is 37.3 Å². The minimum atomic E-state index is -0.376. The number of non-ortho nitro benzene ring substituents is 1. The number of halogens is 1. The van der Waals surface area contributed by atoms with E-state index >= 15 is 0 Å². The molecule has 3 nitrogen and oxygen atoms in total. The third kappa shape index (κ3) is 2.73. The van der Waals surface area contributed by atoms with Gasteiger partial charge in [-0.15, -0.1) is 11.6 Å². The number of rotatable bonds is 4. The van der Waals surface area contributed by atoms with E-state index in [1.165, 1.54) is 6.07 Å². The zero-order valence-electron chi connectivity index (χ0n) is 9.74. The van der Waals surface area contributed by atoms with Gasteiger partial charge in [0.25, 0.3) is 5.69 Å². The van der Waals surface area contributed by atoms with Gasteiger partial charge >= 0.3 is 0 Å². The lowest BCUT2D eigenvalue weighted by molar-refractivity contribution is -0.384. The van der Waals surface area contributed by atoms with Gasteiger partial charge in [-0.3, -0.25) is 10.1 Å². The van der Waals surface area contributed by atoms with Crippen molar-refractivity contribution in [2.45, 2.75) is 38.5 Å². The number of nitrogens with zero attached hydrogens (tertiary/aromatic N) is 1. The number of alkyl halides is 1. The summed E-state index contributed by atoms with van der Waals surface area (Å²) in [6, 6.07) is 4.95. The minimum Gasteiger partial charge on any atom is -0.258 e. The lowest BCUT2D eigenvalue weighted by Crippen LogP contribution is -2.09. The fourth-order valence-electron chi connectivity index (χ4n) is 1.83. The molecular weight excluding hydrogens is 226 g/mol. The van der Waals surface area contributed by atoms with Crippen molar-refractivity contribution in [3.8, 4) is 0 Å². The van der Waals surface area contributed by atoms with Crippen LogP contribution in [0.15, 0.2) is 18.2 Å². The molecule has 0 aliphatic rings. The third-order valence-electron chi connectivity index (χ3n) is 2.89. The summed E-state index contributed by atoms with van der Waals surface area (Å²) in [5.41, 5.74) is 2.16. The molecule has 0 aliphatic carbocycles. The first-order valence-corrected chi connectivity index (χ1v) is 5.80. The lowest BCUT2D eigenvalue weighted by atomic mass is 9.92. The van der Waals surface area contributed by atoms with Crippen LogP contribution in [0.25, 0.3) is 0 Å². The molecule has 4 heteroatoms. The second-order valence-corrected chi connectivity index (χ2v) is 4.57. The molecule has 0 fully saturated rings. The highest BCUT2D eigenvalue weighted by atomic mass is 35.5. The van der Waals surface area contributed by atoms with Gasteiger partial charge in [0.15, 0.2) is 0 Å². The molecule has 0 spiro atoms. The van der Waals surface area contributed by atoms with Crippen molar-refractivity contribution >= 4 is 17.3 Å². The molecule has 0 amide bonds. The van der Waals surface area contributed by atoms with Crippen LogP contribution in [0, 0.1) is 17.0 Å². The van der Waals surface area contributed by atoms with Gasteiger partial charge in [-0.2, -0.15) is 0 Å². The Kier molecular flexibility index (Phi) is 4.30. The molecule has 0 saturated carbocycles. The Morgan fingerprint density at radius 2 is 2.12 bits per heavy atom. The van der Waals surface area contributed by atoms with Gasteiger partial charge in [0.05, 0.1) is 4.92 Å². The monoisotopic (exact) mass is 241 g/mol. The molecule has 1 aromatic carbocycles. The van der Waals surface area contributed by atoms with Crippen molar-refractivity contribution in [3.05, 3.63) is 39.4 Å². The van der Waals surface area contributed by atoms with E-state index in [2.05, 4.69) is 6.92 Å². The molecule has 88 valence electrons. The van der Waals surface area contributed by atoms with Gasteiger partial charge in [0, 0.05) is 17.5 Å². The van der Waals surface area contributed by atoms with Gasteiger partial charge < -0.3 is 0 Å². The molecule has 0 N–H and O–H groups in total. The van der Waals surface area contributed by atoms with Gasteiger partial charge in [-0.25, -0.2) is 0 Å². The van der Waals surface area contributed by atoms with Gasteiger partial charge in [0.2, 0.25) is 0 Å². The Bertz CT molecular complexity index is 393. The van der Waals surface area contributed by atoms with Crippen molar-refractivity contribution in [1.29, 1.82) is 0 Å². The summed E-state index contributed by atoms with van der Waals surface area (Å²) >= 11 is 6.19. The van der Waals surface area contributed by atoms with Crippen molar-refractivity contribution in [1.82, 2.24) is 0 Å². The Morgan fingerprint density at radius 1 is 1.50 bits per heavy atom. The fraction of sp³-hybridized carbons (Fsp3) is 0.500. The Balaban J connectivity index is 3.03. The zero-order valence-corrected chi connectivity index (χ0v) is 10.5. The molecule has 0 saturated heterocycles. The number of hydrogen-bond acceptors (Lipinski definition) is 2. The molecule has 0 aromatic heterocycles. The Morgan fingerprint density at radius 3 is 2.56 bits per heavy atom. The first-order chi connectivity index (χ1) is 7.47. The van der Waals surface area contributed by atoms with Crippen molar-refractivity contribution < 1.29 is 4.92 Å². The van der Waals surface area contributed by atoms with E-state index in [0.29, 0.717) is 0 Å². The van der Waals surface area contributed by atoms with E-state index in [4.69, 9.17) is 11.6 Å². The number of hydrogen-bond donors (Lipinski definition) is 0. The third-order valence-corrected chi connectivity index (χ3v) is 3.57. The molecule has 1 rings (SSSR count). The van der Waals surface area contributed by atoms with E-state index in [-0.39, 0.29) is 21.9 Å². The summed E-state index contributed by atoms with van der Waals surface area (Å²) in [4.78, 5) is 10.2. The summed E-state index contributed by atoms with van der Waals surface area (Å²) in [6.07, 6.45) is 0.888. The van der Waals surface area contributed by atoms with Crippen LogP contribution >= 0.6 is 11.6 Å². The second-order valence-electron chi connectivity index (χ2n) is 4.01. The summed E-state index contributed by atoms with van der Waals surface area (Å²) in [6.45, 7) is 5.97. The van der Waals surface area contributed by atoms with E-state index in [1.807, 2.05) is 19.9 Å². The van der Waals surface area contributed by atoms with E-state index in [9.17, 15) is 10.1 Å². The van der Waals surface area contributed by atoms with E-state index < -0.39 is 0 Å². The van der Waals surface area contributed by atoms with Gasteiger partial charge in [0.1, 0.15) is 0 Å². The van der Waals surface area contributed by atoms with Crippen LogP contribution in [0.3, 0.4) is 0 Å². The predicted octanol–water partition coefficient (Wildman–Crippen LogP) is 4.02. The van der Waals surface area contributed by atoms with Gasteiger partial charge in [-0.05, 0) is 30.4 Å². The molecule has 0 bridgehead atoms. The Labute approximate surface area is 101 Å². The molecular formula is C12H16ClNO2. The average Bonchev–Trinajstić information content (AvgIpc) is 2.26. The van der Waals surface area contributed by atoms with Crippen LogP contribution in [0.5, 0.6) is 0 Å². The van der Waals surface area contributed by atoms with Crippen LogP contribution in [0.2, 0.25) is 0 Å². The predicted molar refractivity (Wildman–Crippen MR) is 66.2 cm³/mol. The Hall–Kier alpha value is -1.09. The van der Waals surface area contributed by atoms with E-state index in [1.54, 1.807) is 6.07 Å². The summed E-state index contributed by atoms with van der Waals surface area (Å²) in [5, 5.41) is 10.7. The van der Waals surface area contributed by atoms with Crippen LogP contribution in [0.4, 0.5) is 5.69 Å². The molecule has 0 radical (unpaired) electrons. The highest BCUT2D eigenvalue weighted by Gasteiger charge is 2.18. The standard InChI is InChI=1S/C12H16ClNO2/c1-4-12(13)9(3)11-6-5-10(14(15)16)7-8(11)2/h5-7,9,12H,4H2,1-3H3. The average molecular weight is 242 g/mol. The molecule has 0 heterocycles. The molecule has 2 atom stereocenters. The highest BCUT2D eigenvalue weighted by Crippen LogP contribution is 2.29. The smallest absolute Gasteiger partial charge is 0.258 e. The van der Waals surface area contributed by atoms with E-state index in [0.717, 1.165) is 17.5 Å². The maximum Gasteiger partial charge on any atom is 0.269 e. The normalized spacial score (nSPS) is 14.5. The SMILES string of the molecule is CCC(Cl)C(C)c1ccc([N+](=O)[O-])cc1C. The minimum absolute atomic E-state index is 0.0696. The molecule has 0 aliphatic heterocycles. The number of aryl methyl sites for hydroxylation is 1. The first-order valence-electron chi connectivity index (χ1n) is 5.36. The maximum atomic E-state index is 10.6. The maximum absolute atomic E-state index is 10.6. The first kappa shape index (κ1) is 13.0. The van der Waals surface area contributed by atoms with Crippen molar-refractivity contribution in [3.63, 3.8) is 0 Å². The zero-order chi connectivity index (χ0) is 12.3. The van der Waals surface area contributed by atoms with Crippen LogP contribution in [-0.4, -0.2) is 10.3 Å². The number of nitro benzene ring substituents is 1. The van der Waals surface area contributed by atoms with Crippen molar-refractivity contribution in [2.24, 2.45) is 0 Å².